The van der Waals surface area contributed by atoms with Crippen molar-refractivity contribution < 1.29 is 14.7 Å². The second kappa shape index (κ2) is 6.79. The number of carbonyl (C=O) groups excluding carboxylic acids is 1. The van der Waals surface area contributed by atoms with Gasteiger partial charge in [-0.15, -0.1) is 0 Å². The summed E-state index contributed by atoms with van der Waals surface area (Å²) in [5.41, 5.74) is 0. The van der Waals surface area contributed by atoms with Gasteiger partial charge >= 0.3 is 5.97 Å². The summed E-state index contributed by atoms with van der Waals surface area (Å²) in [7, 11) is 1.65. The smallest absolute Gasteiger partial charge is 0.304 e. The average Bonchev–Trinajstić information content (AvgIpc) is 1.84. The summed E-state index contributed by atoms with van der Waals surface area (Å²) in [4.78, 5) is 20.8. The van der Waals surface area contributed by atoms with Crippen LogP contribution in [-0.4, -0.2) is 29.9 Å². The molecule has 0 aromatic carbocycles. The van der Waals surface area contributed by atoms with Gasteiger partial charge in [0.15, 0.2) is 0 Å². The molecule has 0 radical (unpaired) electrons. The number of carboxylic acids is 1. The van der Waals surface area contributed by atoms with Gasteiger partial charge in [0.25, 0.3) is 0 Å². The van der Waals surface area contributed by atoms with E-state index in [0.29, 0.717) is 0 Å². The highest BCUT2D eigenvalue weighted by Crippen LogP contribution is 1.97. The van der Waals surface area contributed by atoms with Crippen molar-refractivity contribution in [3.63, 3.8) is 0 Å². The molecule has 4 nitrogen and oxygen atoms in total. The molecule has 0 aromatic heterocycles. The lowest BCUT2D eigenvalue weighted by Gasteiger charge is -2.10. The second-order valence-electron chi connectivity index (χ2n) is 2.49. The van der Waals surface area contributed by atoms with Crippen LogP contribution in [0.5, 0.6) is 0 Å². The number of Topliss-reactive ketones (excluding diaryl/α,β-unsaturated/α-hetero) is 1. The highest BCUT2D eigenvalue weighted by molar-refractivity contribution is 5.77. The lowest BCUT2D eigenvalue weighted by Crippen LogP contribution is -2.29. The summed E-state index contributed by atoms with van der Waals surface area (Å²) in [6, 6.07) is -0.231. The maximum atomic E-state index is 10.6. The van der Waals surface area contributed by atoms with Gasteiger partial charge in [0, 0.05) is 12.5 Å². The van der Waals surface area contributed by atoms with Crippen molar-refractivity contribution in [3.05, 3.63) is 0 Å². The highest BCUT2D eigenvalue weighted by atomic mass is 16.4. The summed E-state index contributed by atoms with van der Waals surface area (Å²) >= 11 is 0. The topological polar surface area (TPSA) is 66.4 Å². The molecule has 0 fully saturated rings. The lowest BCUT2D eigenvalue weighted by atomic mass is 10.1. The standard InChI is InChI=1S/C7H13NO3.CH4/c1-5(9)3-6(8-2)4-7(10)11;/h6,8H,3-4H2,1-2H3,(H,10,11);1H4. The van der Waals surface area contributed by atoms with Gasteiger partial charge in [-0.2, -0.15) is 0 Å². The van der Waals surface area contributed by atoms with E-state index in [1.54, 1.807) is 7.05 Å². The van der Waals surface area contributed by atoms with E-state index in [2.05, 4.69) is 5.32 Å². The van der Waals surface area contributed by atoms with Crippen LogP contribution in [0.4, 0.5) is 0 Å². The number of carbonyl (C=O) groups is 2. The van der Waals surface area contributed by atoms with Gasteiger partial charge in [0.2, 0.25) is 0 Å². The zero-order valence-electron chi connectivity index (χ0n) is 6.76. The minimum Gasteiger partial charge on any atom is -0.481 e. The molecule has 0 aromatic rings. The normalized spacial score (nSPS) is 11.5. The first-order valence-corrected chi connectivity index (χ1v) is 3.44. The molecule has 0 spiro atoms. The van der Waals surface area contributed by atoms with Crippen LogP contribution in [0.2, 0.25) is 0 Å². The number of hydrogen-bond donors (Lipinski definition) is 2. The zero-order valence-corrected chi connectivity index (χ0v) is 6.76. The van der Waals surface area contributed by atoms with E-state index in [9.17, 15) is 9.59 Å². The highest BCUT2D eigenvalue weighted by Gasteiger charge is 2.12. The maximum Gasteiger partial charge on any atom is 0.304 e. The third-order valence-corrected chi connectivity index (χ3v) is 1.36. The molecular formula is C8H17NO3. The Labute approximate surface area is 73.0 Å². The summed E-state index contributed by atoms with van der Waals surface area (Å²) in [5, 5.41) is 11.1. The Kier molecular flexibility index (Phi) is 7.73. The Morgan fingerprint density at radius 3 is 2.17 bits per heavy atom. The Balaban J connectivity index is 0. The molecule has 72 valence electrons. The third kappa shape index (κ3) is 7.21. The van der Waals surface area contributed by atoms with Gasteiger partial charge in [-0.05, 0) is 14.0 Å². The quantitative estimate of drug-likeness (QED) is 0.644. The maximum absolute atomic E-state index is 10.6. The fourth-order valence-electron chi connectivity index (χ4n) is 0.834. The van der Waals surface area contributed by atoms with Crippen molar-refractivity contribution in [2.75, 3.05) is 7.05 Å². The Morgan fingerprint density at radius 2 is 1.92 bits per heavy atom. The molecule has 0 aliphatic heterocycles. The average molecular weight is 175 g/mol. The van der Waals surface area contributed by atoms with Crippen molar-refractivity contribution in [2.24, 2.45) is 0 Å². The Morgan fingerprint density at radius 1 is 1.42 bits per heavy atom. The molecule has 1 atom stereocenters. The molecule has 0 aliphatic carbocycles. The molecule has 0 saturated carbocycles. The van der Waals surface area contributed by atoms with Gasteiger partial charge in [-0.1, -0.05) is 7.43 Å². The zero-order chi connectivity index (χ0) is 8.85. The van der Waals surface area contributed by atoms with E-state index < -0.39 is 5.97 Å². The Hall–Kier alpha value is -0.900. The van der Waals surface area contributed by atoms with Crippen molar-refractivity contribution in [1.82, 2.24) is 5.32 Å². The van der Waals surface area contributed by atoms with Gasteiger partial charge in [-0.25, -0.2) is 0 Å². The van der Waals surface area contributed by atoms with Crippen LogP contribution in [0, 0.1) is 0 Å². The van der Waals surface area contributed by atoms with Gasteiger partial charge in [-0.3, -0.25) is 9.59 Å². The predicted octanol–water partition coefficient (Wildman–Crippen LogP) is 0.664. The SMILES string of the molecule is C.CNC(CC(C)=O)CC(=O)O. The van der Waals surface area contributed by atoms with Crippen LogP contribution < -0.4 is 5.32 Å². The van der Waals surface area contributed by atoms with Crippen molar-refractivity contribution in [3.8, 4) is 0 Å². The summed E-state index contributed by atoms with van der Waals surface area (Å²) in [5.74, 6) is -0.879. The number of hydrogen-bond acceptors (Lipinski definition) is 3. The predicted molar refractivity (Wildman–Crippen MR) is 47.1 cm³/mol. The van der Waals surface area contributed by atoms with Gasteiger partial charge < -0.3 is 10.4 Å². The summed E-state index contributed by atoms with van der Waals surface area (Å²) in [6.45, 7) is 1.45. The van der Waals surface area contributed by atoms with Crippen molar-refractivity contribution in [1.29, 1.82) is 0 Å². The first-order chi connectivity index (χ1) is 5.06. The largest absolute Gasteiger partial charge is 0.481 e. The van der Waals surface area contributed by atoms with E-state index >= 15 is 0 Å². The minimum absolute atomic E-state index is 0. The van der Waals surface area contributed by atoms with Crippen LogP contribution in [-0.2, 0) is 9.59 Å². The second-order valence-corrected chi connectivity index (χ2v) is 2.49. The molecule has 0 heterocycles. The van der Waals surface area contributed by atoms with E-state index in [4.69, 9.17) is 5.11 Å². The molecule has 0 rings (SSSR count). The number of carboxylic acid groups (broad SMARTS) is 1. The molecular weight excluding hydrogens is 158 g/mol. The molecule has 12 heavy (non-hydrogen) atoms. The number of rotatable bonds is 5. The summed E-state index contributed by atoms with van der Waals surface area (Å²) in [6.07, 6.45) is 0.277. The Bertz CT molecular complexity index is 140. The number of nitrogens with one attached hydrogen (secondary N) is 1. The molecule has 0 aliphatic rings. The molecule has 0 saturated heterocycles. The first kappa shape index (κ1) is 13.7. The molecule has 2 N–H and O–H groups in total. The van der Waals surface area contributed by atoms with Crippen LogP contribution in [0.15, 0.2) is 0 Å². The van der Waals surface area contributed by atoms with Gasteiger partial charge in [0.05, 0.1) is 6.42 Å². The lowest BCUT2D eigenvalue weighted by molar-refractivity contribution is -0.137. The molecule has 0 amide bonds. The van der Waals surface area contributed by atoms with Crippen LogP contribution in [0.25, 0.3) is 0 Å². The fourth-order valence-corrected chi connectivity index (χ4v) is 0.834. The summed E-state index contributed by atoms with van der Waals surface area (Å²) < 4.78 is 0. The van der Waals surface area contributed by atoms with Crippen molar-refractivity contribution >= 4 is 11.8 Å². The molecule has 4 heteroatoms. The van der Waals surface area contributed by atoms with E-state index in [0.717, 1.165) is 0 Å². The van der Waals surface area contributed by atoms with Crippen LogP contribution in [0.1, 0.15) is 27.2 Å². The van der Waals surface area contributed by atoms with Crippen molar-refractivity contribution in [2.45, 2.75) is 33.2 Å². The fraction of sp³-hybridized carbons (Fsp3) is 0.750. The molecule has 1 unspecified atom stereocenters. The van der Waals surface area contributed by atoms with Crippen LogP contribution in [0.3, 0.4) is 0 Å². The first-order valence-electron chi connectivity index (χ1n) is 3.44. The van der Waals surface area contributed by atoms with E-state index in [-0.39, 0.29) is 32.1 Å². The molecule has 0 bridgehead atoms. The minimum atomic E-state index is -0.884. The van der Waals surface area contributed by atoms with E-state index in [1.807, 2.05) is 0 Å². The van der Waals surface area contributed by atoms with Crippen LogP contribution >= 0.6 is 0 Å². The monoisotopic (exact) mass is 175 g/mol. The number of aliphatic carboxylic acids is 1. The third-order valence-electron chi connectivity index (χ3n) is 1.36. The van der Waals surface area contributed by atoms with Gasteiger partial charge in [0.1, 0.15) is 5.78 Å². The number of ketones is 1. The van der Waals surface area contributed by atoms with E-state index in [1.165, 1.54) is 6.92 Å².